The van der Waals surface area contributed by atoms with E-state index in [-0.39, 0.29) is 5.91 Å². The number of nitrogens with one attached hydrogen (secondary N) is 1. The van der Waals surface area contributed by atoms with E-state index in [2.05, 4.69) is 32.3 Å². The van der Waals surface area contributed by atoms with E-state index in [9.17, 15) is 4.79 Å². The number of carbonyl (C=O) groups excluding carboxylic acids is 1. The van der Waals surface area contributed by atoms with Crippen molar-refractivity contribution in [3.8, 4) is 0 Å². The minimum atomic E-state index is -0.0970. The van der Waals surface area contributed by atoms with Crippen molar-refractivity contribution in [3.63, 3.8) is 0 Å². The van der Waals surface area contributed by atoms with Gasteiger partial charge in [-0.1, -0.05) is 30.3 Å². The van der Waals surface area contributed by atoms with E-state index < -0.39 is 0 Å². The van der Waals surface area contributed by atoms with Crippen LogP contribution in [0.15, 0.2) is 48.9 Å². The minimum Gasteiger partial charge on any atom is -0.379 e. The van der Waals surface area contributed by atoms with Crippen molar-refractivity contribution in [1.29, 1.82) is 0 Å². The lowest BCUT2D eigenvalue weighted by Gasteiger charge is -2.26. The normalized spacial score (nSPS) is 14.9. The highest BCUT2D eigenvalue weighted by Gasteiger charge is 2.12. The van der Waals surface area contributed by atoms with Gasteiger partial charge in [0.1, 0.15) is 5.52 Å². The first-order chi connectivity index (χ1) is 14.3. The molecule has 29 heavy (non-hydrogen) atoms. The Morgan fingerprint density at radius 3 is 2.76 bits per heavy atom. The van der Waals surface area contributed by atoms with Crippen LogP contribution in [0.2, 0.25) is 0 Å². The Bertz CT molecular complexity index is 935. The summed E-state index contributed by atoms with van der Waals surface area (Å²) in [5.74, 6) is -0.0970. The first kappa shape index (κ1) is 19.5. The van der Waals surface area contributed by atoms with Crippen molar-refractivity contribution >= 4 is 17.1 Å². The van der Waals surface area contributed by atoms with Gasteiger partial charge in [-0.3, -0.25) is 9.69 Å². The van der Waals surface area contributed by atoms with Crippen LogP contribution in [-0.4, -0.2) is 64.7 Å². The molecular formula is C22H27N5O2. The van der Waals surface area contributed by atoms with Gasteiger partial charge in [-0.2, -0.15) is 0 Å². The highest BCUT2D eigenvalue weighted by atomic mass is 16.5. The number of imidazole rings is 1. The van der Waals surface area contributed by atoms with E-state index in [0.29, 0.717) is 12.1 Å². The molecule has 0 unspecified atom stereocenters. The van der Waals surface area contributed by atoms with Crippen molar-refractivity contribution in [2.45, 2.75) is 19.4 Å². The fourth-order valence-corrected chi connectivity index (χ4v) is 3.56. The lowest BCUT2D eigenvalue weighted by atomic mass is 10.1. The molecule has 1 fully saturated rings. The molecule has 1 N–H and O–H groups in total. The average molecular weight is 393 g/mol. The molecule has 7 nitrogen and oxygen atoms in total. The molecule has 1 amide bonds. The maximum absolute atomic E-state index is 12.4. The van der Waals surface area contributed by atoms with E-state index in [0.717, 1.165) is 63.4 Å². The summed E-state index contributed by atoms with van der Waals surface area (Å²) in [6.45, 7) is 5.99. The Morgan fingerprint density at radius 1 is 1.10 bits per heavy atom. The molecule has 3 aromatic rings. The van der Waals surface area contributed by atoms with E-state index >= 15 is 0 Å². The van der Waals surface area contributed by atoms with Gasteiger partial charge < -0.3 is 14.6 Å². The summed E-state index contributed by atoms with van der Waals surface area (Å²) in [5, 5.41) is 2.99. The van der Waals surface area contributed by atoms with E-state index in [4.69, 9.17) is 4.74 Å². The summed E-state index contributed by atoms with van der Waals surface area (Å²) < 4.78 is 7.38. The van der Waals surface area contributed by atoms with Crippen LogP contribution in [0.4, 0.5) is 0 Å². The molecule has 3 heterocycles. The third kappa shape index (κ3) is 5.19. The zero-order valence-electron chi connectivity index (χ0n) is 16.6. The smallest absolute Gasteiger partial charge is 0.252 e. The second kappa shape index (κ2) is 9.62. The molecule has 2 aromatic heterocycles. The number of benzene rings is 1. The number of amides is 1. The molecule has 152 valence electrons. The SMILES string of the molecule is O=C(NCCCN1CCOCC1)c1cnc2c(c1)ncn2CCc1ccccc1. The Labute approximate surface area is 170 Å². The predicted octanol–water partition coefficient (Wildman–Crippen LogP) is 2.13. The molecule has 0 atom stereocenters. The van der Waals surface area contributed by atoms with Gasteiger partial charge in [0.15, 0.2) is 5.65 Å². The molecule has 1 aliphatic heterocycles. The Hall–Kier alpha value is -2.77. The maximum Gasteiger partial charge on any atom is 0.252 e. The van der Waals surface area contributed by atoms with Crippen LogP contribution in [0.5, 0.6) is 0 Å². The van der Waals surface area contributed by atoms with Crippen molar-refractivity contribution in [2.75, 3.05) is 39.4 Å². The van der Waals surface area contributed by atoms with Gasteiger partial charge in [-0.05, 0) is 31.0 Å². The van der Waals surface area contributed by atoms with Crippen LogP contribution in [0.3, 0.4) is 0 Å². The highest BCUT2D eigenvalue weighted by molar-refractivity contribution is 5.96. The highest BCUT2D eigenvalue weighted by Crippen LogP contribution is 2.13. The molecule has 0 bridgehead atoms. The van der Waals surface area contributed by atoms with Gasteiger partial charge in [0, 0.05) is 32.4 Å². The van der Waals surface area contributed by atoms with Gasteiger partial charge in [-0.15, -0.1) is 0 Å². The standard InChI is InChI=1S/C22H27N5O2/c28-22(23-8-4-9-26-11-13-29-14-12-26)19-15-20-21(24-16-19)27(17-25-20)10-7-18-5-2-1-3-6-18/h1-3,5-6,15-17H,4,7-14H2,(H,23,28). The number of morpholine rings is 1. The van der Waals surface area contributed by atoms with Crippen LogP contribution in [0.1, 0.15) is 22.3 Å². The molecular weight excluding hydrogens is 366 g/mol. The first-order valence-corrected chi connectivity index (χ1v) is 10.2. The maximum atomic E-state index is 12.4. The van der Waals surface area contributed by atoms with Crippen LogP contribution in [0.25, 0.3) is 11.2 Å². The zero-order valence-corrected chi connectivity index (χ0v) is 16.6. The number of hydrogen-bond acceptors (Lipinski definition) is 5. The molecule has 0 aliphatic carbocycles. The van der Waals surface area contributed by atoms with Crippen molar-refractivity contribution in [3.05, 3.63) is 60.0 Å². The Balaban J connectivity index is 1.29. The summed E-state index contributed by atoms with van der Waals surface area (Å²) in [4.78, 5) is 23.7. The topological polar surface area (TPSA) is 72.3 Å². The third-order valence-corrected chi connectivity index (χ3v) is 5.24. The van der Waals surface area contributed by atoms with Crippen LogP contribution in [0, 0.1) is 0 Å². The van der Waals surface area contributed by atoms with Gasteiger partial charge in [0.2, 0.25) is 0 Å². The monoisotopic (exact) mass is 393 g/mol. The summed E-state index contributed by atoms with van der Waals surface area (Å²) >= 11 is 0. The number of rotatable bonds is 8. The molecule has 0 saturated carbocycles. The second-order valence-electron chi connectivity index (χ2n) is 7.30. The average Bonchev–Trinajstić information content (AvgIpc) is 3.19. The number of carbonyl (C=O) groups is 1. The second-order valence-corrected chi connectivity index (χ2v) is 7.30. The van der Waals surface area contributed by atoms with Crippen LogP contribution < -0.4 is 5.32 Å². The summed E-state index contributed by atoms with van der Waals surface area (Å²) in [7, 11) is 0. The summed E-state index contributed by atoms with van der Waals surface area (Å²) in [5.41, 5.74) is 3.39. The fourth-order valence-electron chi connectivity index (χ4n) is 3.56. The Kier molecular flexibility index (Phi) is 6.49. The largest absolute Gasteiger partial charge is 0.379 e. The number of pyridine rings is 1. The van der Waals surface area contributed by atoms with E-state index in [1.165, 1.54) is 5.56 Å². The molecule has 7 heteroatoms. The quantitative estimate of drug-likeness (QED) is 0.594. The molecule has 1 saturated heterocycles. The molecule has 1 aromatic carbocycles. The molecule has 4 rings (SSSR count). The van der Waals surface area contributed by atoms with Crippen molar-refractivity contribution in [1.82, 2.24) is 24.8 Å². The van der Waals surface area contributed by atoms with Gasteiger partial charge in [0.25, 0.3) is 5.91 Å². The zero-order chi connectivity index (χ0) is 19.9. The summed E-state index contributed by atoms with van der Waals surface area (Å²) in [6.07, 6.45) is 5.28. The lowest BCUT2D eigenvalue weighted by Crippen LogP contribution is -2.38. The first-order valence-electron chi connectivity index (χ1n) is 10.2. The minimum absolute atomic E-state index is 0.0970. The van der Waals surface area contributed by atoms with Crippen molar-refractivity contribution in [2.24, 2.45) is 0 Å². The number of nitrogens with zero attached hydrogens (tertiary/aromatic N) is 4. The fraction of sp³-hybridized carbons (Fsp3) is 0.409. The van der Waals surface area contributed by atoms with Crippen molar-refractivity contribution < 1.29 is 9.53 Å². The van der Waals surface area contributed by atoms with Gasteiger partial charge in [-0.25, -0.2) is 9.97 Å². The molecule has 1 aliphatic rings. The lowest BCUT2D eigenvalue weighted by molar-refractivity contribution is 0.0374. The van der Waals surface area contributed by atoms with Crippen LogP contribution in [-0.2, 0) is 17.7 Å². The van der Waals surface area contributed by atoms with E-state index in [1.807, 2.05) is 28.8 Å². The third-order valence-electron chi connectivity index (χ3n) is 5.24. The summed E-state index contributed by atoms with van der Waals surface area (Å²) in [6, 6.07) is 12.2. The Morgan fingerprint density at radius 2 is 1.93 bits per heavy atom. The number of hydrogen-bond donors (Lipinski definition) is 1. The van der Waals surface area contributed by atoms with Crippen LogP contribution >= 0.6 is 0 Å². The number of aryl methyl sites for hydroxylation is 2. The van der Waals surface area contributed by atoms with E-state index in [1.54, 1.807) is 12.5 Å². The predicted molar refractivity (Wildman–Crippen MR) is 112 cm³/mol. The van der Waals surface area contributed by atoms with Gasteiger partial charge >= 0.3 is 0 Å². The molecule has 0 radical (unpaired) electrons. The molecule has 0 spiro atoms. The number of ether oxygens (including phenoxy) is 1. The van der Waals surface area contributed by atoms with Gasteiger partial charge in [0.05, 0.1) is 25.1 Å². The number of aromatic nitrogens is 3. The number of fused-ring (bicyclic) bond motifs is 1.